The smallest absolute Gasteiger partial charge is 0.281 e. The minimum absolute atomic E-state index is 0.359. The number of aliphatic carboxylic acids is 1. The first-order valence-corrected chi connectivity index (χ1v) is 14.9. The number of carboxylic acid groups (broad SMARTS) is 1. The van der Waals surface area contributed by atoms with Gasteiger partial charge in [-0.25, -0.2) is 9.48 Å². The van der Waals surface area contributed by atoms with Crippen molar-refractivity contribution in [1.82, 2.24) is 4.90 Å². The van der Waals surface area contributed by atoms with E-state index in [9.17, 15) is 9.90 Å². The number of carboxylic acids is 1. The van der Waals surface area contributed by atoms with Gasteiger partial charge in [0.05, 0.1) is 18.6 Å². The summed E-state index contributed by atoms with van der Waals surface area (Å²) in [5.41, 5.74) is 5.14. The zero-order chi connectivity index (χ0) is 30.7. The van der Waals surface area contributed by atoms with Crippen LogP contribution in [0.1, 0.15) is 45.0 Å². The molecule has 0 radical (unpaired) electrons. The van der Waals surface area contributed by atoms with Gasteiger partial charge in [0.25, 0.3) is 5.84 Å². The first-order chi connectivity index (χ1) is 21.4. The lowest BCUT2D eigenvalue weighted by Gasteiger charge is -2.39. The fourth-order valence-electron chi connectivity index (χ4n) is 6.42. The molecule has 0 N–H and O–H groups in total. The minimum atomic E-state index is -1.57. The van der Waals surface area contributed by atoms with Gasteiger partial charge in [0.15, 0.2) is 6.04 Å². The van der Waals surface area contributed by atoms with Gasteiger partial charge >= 0.3 is 0 Å². The molecule has 0 fully saturated rings. The zero-order valence-corrected chi connectivity index (χ0v) is 25.3. The molecule has 1 heterocycles. The van der Waals surface area contributed by atoms with E-state index in [2.05, 4.69) is 45.9 Å². The molecule has 5 aromatic rings. The maximum atomic E-state index is 14.1. The molecule has 1 aliphatic rings. The molecule has 0 aromatic heterocycles. The quantitative estimate of drug-likeness (QED) is 0.196. The second-order valence-electron chi connectivity index (χ2n) is 11.5. The fourth-order valence-corrected chi connectivity index (χ4v) is 6.42. The summed E-state index contributed by atoms with van der Waals surface area (Å²) in [6.07, 6.45) is 0. The molecule has 44 heavy (non-hydrogen) atoms. The largest absolute Gasteiger partial charge is 0.545 e. The number of carbonyl (C=O) groups is 1. The molecule has 2 unspecified atom stereocenters. The Morgan fingerprint density at radius 1 is 0.750 bits per heavy atom. The van der Waals surface area contributed by atoms with E-state index in [1.165, 1.54) is 0 Å². The third kappa shape index (κ3) is 5.26. The van der Waals surface area contributed by atoms with Crippen LogP contribution in [0.2, 0.25) is 0 Å². The van der Waals surface area contributed by atoms with Gasteiger partial charge < -0.3 is 14.6 Å². The van der Waals surface area contributed by atoms with Crippen LogP contribution in [-0.4, -0.2) is 28.4 Å². The summed E-state index contributed by atoms with van der Waals surface area (Å²) >= 11 is 0. The second-order valence-corrected chi connectivity index (χ2v) is 11.5. The van der Waals surface area contributed by atoms with Crippen LogP contribution in [0.25, 0.3) is 0 Å². The van der Waals surface area contributed by atoms with Crippen LogP contribution in [-0.2, 0) is 23.4 Å². The lowest BCUT2D eigenvalue weighted by molar-refractivity contribution is -0.587. The highest BCUT2D eigenvalue weighted by Gasteiger charge is 2.63. The number of aryl methyl sites for hydroxylation is 2. The average Bonchev–Trinajstić information content (AvgIpc) is 3.32. The number of hydrogen-bond donors (Lipinski definition) is 0. The van der Waals surface area contributed by atoms with Crippen molar-refractivity contribution in [3.63, 3.8) is 0 Å². The Morgan fingerprint density at radius 2 is 1.30 bits per heavy atom. The van der Waals surface area contributed by atoms with Crippen molar-refractivity contribution >= 4 is 11.8 Å². The Balaban J connectivity index is 1.72. The van der Waals surface area contributed by atoms with Gasteiger partial charge in [0.2, 0.25) is 5.54 Å². The van der Waals surface area contributed by atoms with E-state index in [-0.39, 0.29) is 0 Å². The van der Waals surface area contributed by atoms with Crippen LogP contribution in [0.3, 0.4) is 0 Å². The van der Waals surface area contributed by atoms with Gasteiger partial charge in [-0.3, -0.25) is 0 Å². The van der Waals surface area contributed by atoms with Crippen molar-refractivity contribution in [1.29, 1.82) is 0 Å². The molecule has 0 amide bonds. The predicted octanol–water partition coefficient (Wildman–Crippen LogP) is 6.17. The predicted molar refractivity (Wildman–Crippen MR) is 171 cm³/mol. The van der Waals surface area contributed by atoms with Gasteiger partial charge in [0, 0.05) is 11.1 Å². The Morgan fingerprint density at radius 3 is 1.84 bits per heavy atom. The highest BCUT2D eigenvalue weighted by molar-refractivity contribution is 6.01. The highest BCUT2D eigenvalue weighted by Crippen LogP contribution is 2.49. The summed E-state index contributed by atoms with van der Waals surface area (Å²) in [7, 11) is 1.65. The van der Waals surface area contributed by atoms with Crippen molar-refractivity contribution in [3.05, 3.63) is 172 Å². The van der Waals surface area contributed by atoms with E-state index in [4.69, 9.17) is 4.74 Å². The maximum absolute atomic E-state index is 14.1. The average molecular weight is 581 g/mol. The third-order valence-electron chi connectivity index (χ3n) is 8.58. The van der Waals surface area contributed by atoms with Crippen LogP contribution in [0.4, 0.5) is 0 Å². The highest BCUT2D eigenvalue weighted by atomic mass is 16.5. The standard InChI is InChI=1S/C39H36N2O3/c1-28-14-18-32(19-15-28)36-39(38(42)43,34-22-16-29(2)17-23-34)41(27-31-12-8-5-9-13-31)37(33-20-24-35(44-3)25-21-33)40(36)26-30-10-6-4-7-11-30/h4-25,36H,26-27H2,1-3H3. The van der Waals surface area contributed by atoms with Crippen molar-refractivity contribution in [2.75, 3.05) is 7.11 Å². The number of methoxy groups -OCH3 is 1. The molecular weight excluding hydrogens is 544 g/mol. The normalized spacial score (nSPS) is 18.0. The molecule has 0 bridgehead atoms. The SMILES string of the molecule is COc1ccc(C2=[N+](Cc3ccccc3)C(c3ccc(C)cc3)C(C(=O)[O-])(c3ccc(C)cc3)N2Cc2ccccc2)cc1. The summed E-state index contributed by atoms with van der Waals surface area (Å²) in [6, 6.07) is 43.6. The molecular formula is C39H36N2O3. The Kier molecular flexibility index (Phi) is 8.03. The van der Waals surface area contributed by atoms with Gasteiger partial charge in [-0.2, -0.15) is 0 Å². The number of ether oxygens (including phenoxy) is 1. The monoisotopic (exact) mass is 580 g/mol. The summed E-state index contributed by atoms with van der Waals surface area (Å²) in [6.45, 7) is 4.91. The lowest BCUT2D eigenvalue weighted by atomic mass is 9.77. The minimum Gasteiger partial charge on any atom is -0.545 e. The number of benzene rings is 5. The number of amidine groups is 1. The Labute approximate surface area is 259 Å². The van der Waals surface area contributed by atoms with Gasteiger partial charge in [0.1, 0.15) is 18.8 Å². The third-order valence-corrected chi connectivity index (χ3v) is 8.58. The molecule has 5 aromatic carbocycles. The topological polar surface area (TPSA) is 55.6 Å². The second kappa shape index (κ2) is 12.2. The Hall–Kier alpha value is -5.16. The molecule has 0 spiro atoms. The first kappa shape index (κ1) is 28.9. The van der Waals surface area contributed by atoms with Crippen molar-refractivity contribution < 1.29 is 19.2 Å². The van der Waals surface area contributed by atoms with Crippen LogP contribution < -0.4 is 9.84 Å². The van der Waals surface area contributed by atoms with E-state index in [0.29, 0.717) is 18.7 Å². The molecule has 0 aliphatic carbocycles. The Bertz CT molecular complexity index is 1760. The van der Waals surface area contributed by atoms with Crippen molar-refractivity contribution in [2.24, 2.45) is 0 Å². The summed E-state index contributed by atoms with van der Waals surface area (Å²) in [4.78, 5) is 16.2. The van der Waals surface area contributed by atoms with E-state index in [1.807, 2.05) is 111 Å². The van der Waals surface area contributed by atoms with Gasteiger partial charge in [-0.05, 0) is 49.2 Å². The van der Waals surface area contributed by atoms with E-state index < -0.39 is 17.6 Å². The van der Waals surface area contributed by atoms with Crippen LogP contribution in [0.5, 0.6) is 5.75 Å². The molecule has 5 heteroatoms. The first-order valence-electron chi connectivity index (χ1n) is 14.9. The van der Waals surface area contributed by atoms with Crippen molar-refractivity contribution in [2.45, 2.75) is 38.5 Å². The van der Waals surface area contributed by atoms with Crippen LogP contribution in [0, 0.1) is 13.8 Å². The number of carbonyl (C=O) groups excluding carboxylic acids is 1. The zero-order valence-electron chi connectivity index (χ0n) is 25.3. The van der Waals surface area contributed by atoms with E-state index >= 15 is 0 Å². The van der Waals surface area contributed by atoms with E-state index in [0.717, 1.165) is 45.0 Å². The summed E-state index contributed by atoms with van der Waals surface area (Å²) < 4.78 is 7.75. The fraction of sp³-hybridized carbons (Fsp3) is 0.179. The molecule has 220 valence electrons. The number of hydrogen-bond acceptors (Lipinski definition) is 4. The molecule has 6 rings (SSSR count). The van der Waals surface area contributed by atoms with Gasteiger partial charge in [-0.1, -0.05) is 120 Å². The molecule has 2 atom stereocenters. The molecule has 0 saturated carbocycles. The van der Waals surface area contributed by atoms with Crippen LogP contribution in [0.15, 0.2) is 133 Å². The molecule has 0 saturated heterocycles. The number of nitrogens with zero attached hydrogens (tertiary/aromatic N) is 2. The van der Waals surface area contributed by atoms with Crippen molar-refractivity contribution in [3.8, 4) is 5.75 Å². The maximum Gasteiger partial charge on any atom is 0.281 e. The lowest BCUT2D eigenvalue weighted by Crippen LogP contribution is -2.59. The number of rotatable bonds is 9. The summed E-state index contributed by atoms with van der Waals surface area (Å²) in [5.74, 6) is 0.400. The summed E-state index contributed by atoms with van der Waals surface area (Å²) in [5, 5.41) is 14.1. The van der Waals surface area contributed by atoms with E-state index in [1.54, 1.807) is 7.11 Å². The molecule has 1 aliphatic heterocycles. The molecule has 5 nitrogen and oxygen atoms in total. The van der Waals surface area contributed by atoms with Crippen LogP contribution >= 0.6 is 0 Å². The van der Waals surface area contributed by atoms with Gasteiger partial charge in [-0.15, -0.1) is 0 Å².